The van der Waals surface area contributed by atoms with E-state index in [0.29, 0.717) is 4.57 Å². The molecule has 138 valence electrons. The second kappa shape index (κ2) is 6.04. The fourth-order valence-electron chi connectivity index (χ4n) is 2.40. The van der Waals surface area contributed by atoms with E-state index in [2.05, 4.69) is 4.98 Å². The Balaban J connectivity index is 2.03. The van der Waals surface area contributed by atoms with Crippen molar-refractivity contribution in [2.24, 2.45) is 0 Å². The van der Waals surface area contributed by atoms with Crippen molar-refractivity contribution in [3.05, 3.63) is 52.8 Å². The molecule has 26 heavy (non-hydrogen) atoms. The van der Waals surface area contributed by atoms with E-state index in [0.717, 1.165) is 24.7 Å². The Bertz CT molecular complexity index is 962. The van der Waals surface area contributed by atoms with Crippen LogP contribution in [0.3, 0.4) is 0 Å². The van der Waals surface area contributed by atoms with E-state index in [1.165, 1.54) is 12.1 Å². The van der Waals surface area contributed by atoms with Crippen molar-refractivity contribution in [3.8, 4) is 11.4 Å². The van der Waals surface area contributed by atoms with Gasteiger partial charge in [0.05, 0.1) is 18.3 Å². The maximum Gasteiger partial charge on any atom is 0.455 e. The first-order valence-corrected chi connectivity index (χ1v) is 7.35. The summed E-state index contributed by atoms with van der Waals surface area (Å²) in [6, 6.07) is 3.36. The summed E-state index contributed by atoms with van der Waals surface area (Å²) in [6.07, 6.45) is -2.77. The summed E-state index contributed by atoms with van der Waals surface area (Å²) in [5.41, 5.74) is -0.601. The molecule has 0 unspecified atom stereocenters. The largest absolute Gasteiger partial charge is 0.618 e. The third kappa shape index (κ3) is 3.16. The Morgan fingerprint density at radius 1 is 1.19 bits per heavy atom. The van der Waals surface area contributed by atoms with Crippen molar-refractivity contribution in [1.29, 1.82) is 0 Å². The van der Waals surface area contributed by atoms with Gasteiger partial charge in [0.2, 0.25) is 0 Å². The Morgan fingerprint density at radius 2 is 1.88 bits per heavy atom. The van der Waals surface area contributed by atoms with E-state index in [-0.39, 0.29) is 26.3 Å². The smallest absolute Gasteiger partial charge is 0.455 e. The first-order valence-electron chi connectivity index (χ1n) is 6.97. The highest BCUT2D eigenvalue weighted by atomic mass is 35.5. The molecule has 0 aromatic carbocycles. The lowest BCUT2D eigenvalue weighted by atomic mass is 10.2. The molecule has 0 radical (unpaired) electrons. The fraction of sp³-hybridized carbons (Fsp3) is 0.200. The third-order valence-electron chi connectivity index (χ3n) is 3.64. The predicted molar refractivity (Wildman–Crippen MR) is 80.1 cm³/mol. The van der Waals surface area contributed by atoms with Gasteiger partial charge in [0, 0.05) is 17.6 Å². The minimum absolute atomic E-state index is 0.0236. The maximum atomic E-state index is 14.0. The van der Waals surface area contributed by atoms with Gasteiger partial charge < -0.3 is 9.77 Å². The van der Waals surface area contributed by atoms with Crippen LogP contribution in [0.5, 0.6) is 0 Å². The van der Waals surface area contributed by atoms with Crippen molar-refractivity contribution in [2.45, 2.75) is 18.6 Å². The van der Waals surface area contributed by atoms with Gasteiger partial charge in [-0.25, -0.2) is 4.98 Å². The zero-order chi connectivity index (χ0) is 19.3. The molecule has 3 rings (SSSR count). The number of alkyl halides is 5. The number of halogens is 7. The van der Waals surface area contributed by atoms with Crippen molar-refractivity contribution < 1.29 is 31.1 Å². The highest BCUT2D eigenvalue weighted by Gasteiger charge is 2.57. The molecule has 3 heterocycles. The minimum Gasteiger partial charge on any atom is -0.618 e. The molecule has 0 aliphatic rings. The van der Waals surface area contributed by atoms with Crippen LogP contribution in [0.15, 0.2) is 36.8 Å². The molecule has 0 fully saturated rings. The Hall–Kier alpha value is -2.49. The number of pyridine rings is 2. The molecule has 3 aromatic heterocycles. The average Bonchev–Trinajstić information content (AvgIpc) is 2.87. The topological polar surface area (TPSA) is 44.8 Å². The van der Waals surface area contributed by atoms with Crippen LogP contribution >= 0.6 is 11.6 Å². The SMILES string of the molecule is [O-][n+]1cc(Cl)cc(F)c1-c1cc2ccn(CC(F)(F)C(F)(F)F)c2cn1. The molecule has 0 N–H and O–H groups in total. The lowest BCUT2D eigenvalue weighted by molar-refractivity contribution is -0.595. The van der Waals surface area contributed by atoms with Crippen molar-refractivity contribution in [3.63, 3.8) is 0 Å². The Morgan fingerprint density at radius 3 is 2.50 bits per heavy atom. The number of fused-ring (bicyclic) bond motifs is 1. The van der Waals surface area contributed by atoms with Crippen molar-refractivity contribution >= 4 is 22.5 Å². The van der Waals surface area contributed by atoms with Gasteiger partial charge in [-0.3, -0.25) is 0 Å². The second-order valence-corrected chi connectivity index (χ2v) is 5.89. The number of hydrogen-bond acceptors (Lipinski definition) is 2. The fourth-order valence-corrected chi connectivity index (χ4v) is 2.59. The summed E-state index contributed by atoms with van der Waals surface area (Å²) < 4.78 is 78.4. The van der Waals surface area contributed by atoms with Gasteiger partial charge in [0.25, 0.3) is 5.69 Å². The van der Waals surface area contributed by atoms with Gasteiger partial charge in [-0.15, -0.1) is 0 Å². The monoisotopic (exact) mass is 395 g/mol. The minimum atomic E-state index is -5.70. The normalized spacial score (nSPS) is 12.7. The molecular formula is C15H8ClF6N3O. The van der Waals surface area contributed by atoms with E-state index in [9.17, 15) is 31.5 Å². The summed E-state index contributed by atoms with van der Waals surface area (Å²) in [7, 11) is 0. The molecule has 0 amide bonds. The van der Waals surface area contributed by atoms with Gasteiger partial charge in [-0.2, -0.15) is 31.1 Å². The predicted octanol–water partition coefficient (Wildman–Crippen LogP) is 4.33. The highest BCUT2D eigenvalue weighted by Crippen LogP contribution is 2.37. The van der Waals surface area contributed by atoms with Crippen LogP contribution in [-0.4, -0.2) is 21.6 Å². The molecule has 11 heteroatoms. The molecule has 4 nitrogen and oxygen atoms in total. The molecule has 0 saturated heterocycles. The van der Waals surface area contributed by atoms with Gasteiger partial charge in [-0.05, 0) is 12.1 Å². The number of rotatable bonds is 3. The number of hydrogen-bond donors (Lipinski definition) is 0. The van der Waals surface area contributed by atoms with E-state index in [1.54, 1.807) is 0 Å². The van der Waals surface area contributed by atoms with Crippen LogP contribution in [0.25, 0.3) is 22.3 Å². The molecule has 0 bridgehead atoms. The van der Waals surface area contributed by atoms with E-state index < -0.39 is 30.2 Å². The molecule has 0 saturated carbocycles. The van der Waals surface area contributed by atoms with Gasteiger partial charge in [0.1, 0.15) is 10.7 Å². The van der Waals surface area contributed by atoms with E-state index in [4.69, 9.17) is 11.6 Å². The van der Waals surface area contributed by atoms with Crippen molar-refractivity contribution in [1.82, 2.24) is 9.55 Å². The summed E-state index contributed by atoms with van der Waals surface area (Å²) in [6.45, 7) is -1.63. The van der Waals surface area contributed by atoms with Gasteiger partial charge in [-0.1, -0.05) is 11.6 Å². The van der Waals surface area contributed by atoms with Crippen LogP contribution in [-0.2, 0) is 6.54 Å². The Labute approximate surface area is 146 Å². The van der Waals surface area contributed by atoms with Crippen LogP contribution in [0, 0.1) is 11.0 Å². The number of nitrogens with zero attached hydrogens (tertiary/aromatic N) is 3. The van der Waals surface area contributed by atoms with Gasteiger partial charge in [0.15, 0.2) is 12.0 Å². The summed E-state index contributed by atoms with van der Waals surface area (Å²) >= 11 is 5.56. The summed E-state index contributed by atoms with van der Waals surface area (Å²) in [4.78, 5) is 3.80. The lowest BCUT2D eigenvalue weighted by Gasteiger charge is -2.20. The van der Waals surface area contributed by atoms with Crippen LogP contribution in [0.1, 0.15) is 0 Å². The summed E-state index contributed by atoms with van der Waals surface area (Å²) in [5.74, 6) is -5.89. The molecular weight excluding hydrogens is 388 g/mol. The zero-order valence-corrected chi connectivity index (χ0v) is 13.3. The van der Waals surface area contributed by atoms with Gasteiger partial charge >= 0.3 is 12.1 Å². The molecule has 3 aromatic rings. The quantitative estimate of drug-likeness (QED) is 0.376. The summed E-state index contributed by atoms with van der Waals surface area (Å²) in [5, 5.41) is 11.9. The first-order chi connectivity index (χ1) is 12.0. The van der Waals surface area contributed by atoms with E-state index >= 15 is 0 Å². The lowest BCUT2D eigenvalue weighted by Crippen LogP contribution is -2.40. The van der Waals surface area contributed by atoms with Crippen molar-refractivity contribution in [2.75, 3.05) is 0 Å². The molecule has 0 spiro atoms. The molecule has 0 atom stereocenters. The number of aromatic nitrogens is 3. The van der Waals surface area contributed by atoms with Crippen LogP contribution in [0.2, 0.25) is 5.02 Å². The maximum absolute atomic E-state index is 14.0. The second-order valence-electron chi connectivity index (χ2n) is 5.45. The molecule has 0 aliphatic carbocycles. The van der Waals surface area contributed by atoms with Crippen LogP contribution in [0.4, 0.5) is 26.3 Å². The van der Waals surface area contributed by atoms with E-state index in [1.807, 2.05) is 0 Å². The first kappa shape index (κ1) is 18.3. The molecule has 0 aliphatic heterocycles. The zero-order valence-electron chi connectivity index (χ0n) is 12.6. The third-order valence-corrected chi connectivity index (χ3v) is 3.84. The standard InChI is InChI=1S/C15H8ClF6N3O/c16-9-4-10(17)13(25(26)6-9)11-3-8-1-2-24(12(8)5-23-11)7-14(18,19)15(20,21)22/h1-6H,7H2. The van der Waals surface area contributed by atoms with Crippen LogP contribution < -0.4 is 4.73 Å². The Kier molecular flexibility index (Phi) is 4.26. The highest BCUT2D eigenvalue weighted by molar-refractivity contribution is 6.30. The average molecular weight is 396 g/mol.